The van der Waals surface area contributed by atoms with Crippen molar-refractivity contribution in [3.05, 3.63) is 0 Å². The van der Waals surface area contributed by atoms with Gasteiger partial charge in [0.05, 0.1) is 0 Å². The van der Waals surface area contributed by atoms with Gasteiger partial charge in [0.1, 0.15) is 0 Å². The highest BCUT2D eigenvalue weighted by molar-refractivity contribution is 7.64. The highest BCUT2D eigenvalue weighted by atomic mass is 31.2. The Bertz CT molecular complexity index is 598. The average molecular weight is 394 g/mol. The van der Waals surface area contributed by atoms with Crippen LogP contribution in [0.1, 0.15) is 0 Å². The molecule has 0 aromatic heterocycles. The Hall–Kier alpha value is -1.32. The minimum Gasteiger partial charge on any atom is -0.448 e. The molecule has 0 fully saturated rings. The molecule has 138 valence electrons. The molecule has 0 aliphatic carbocycles. The molecular formula is C12H16F4O6P2. The molecule has 0 unspecified atom stereocenters. The van der Waals surface area contributed by atoms with Crippen molar-refractivity contribution in [2.24, 2.45) is 0 Å². The lowest BCUT2D eigenvalue weighted by Crippen LogP contribution is -2.30. The summed E-state index contributed by atoms with van der Waals surface area (Å²) in [4.78, 5) is 22.1. The van der Waals surface area contributed by atoms with E-state index in [9.17, 15) is 36.3 Å². The van der Waals surface area contributed by atoms with Crippen molar-refractivity contribution in [2.75, 3.05) is 39.9 Å². The molecule has 0 radical (unpaired) electrons. The molecule has 0 amide bonds. The summed E-state index contributed by atoms with van der Waals surface area (Å²) in [5, 5.41) is 0. The standard InChI is InChI=1S/C12H16F4O6P2/c1-23(2,19)11(13,14)9(17)21-7-5-6-8-22-10(18)12(15,16)24(3,4)20/h7-8H2,1-4H3. The molecule has 0 heterocycles. The first kappa shape index (κ1) is 22.7. The minimum absolute atomic E-state index is 0.708. The largest absolute Gasteiger partial charge is 0.448 e. The first-order valence-corrected chi connectivity index (χ1v) is 11.4. The molecule has 0 aliphatic heterocycles. The van der Waals surface area contributed by atoms with E-state index >= 15 is 0 Å². The average Bonchev–Trinajstić information content (AvgIpc) is 2.39. The highest BCUT2D eigenvalue weighted by Crippen LogP contribution is 2.54. The van der Waals surface area contributed by atoms with E-state index in [0.29, 0.717) is 26.7 Å². The highest BCUT2D eigenvalue weighted by Gasteiger charge is 2.52. The van der Waals surface area contributed by atoms with Gasteiger partial charge in [-0.3, -0.25) is 0 Å². The third-order valence-corrected chi connectivity index (χ3v) is 5.59. The fraction of sp³-hybridized carbons (Fsp3) is 0.667. The van der Waals surface area contributed by atoms with Crippen LogP contribution in [-0.4, -0.2) is 63.1 Å². The van der Waals surface area contributed by atoms with E-state index in [2.05, 4.69) is 9.47 Å². The molecule has 12 heteroatoms. The van der Waals surface area contributed by atoms with Crippen LogP contribution in [0, 0.1) is 11.8 Å². The number of hydrogen-bond acceptors (Lipinski definition) is 6. The van der Waals surface area contributed by atoms with Gasteiger partial charge < -0.3 is 18.6 Å². The van der Waals surface area contributed by atoms with Crippen LogP contribution >= 0.6 is 14.3 Å². The lowest BCUT2D eigenvalue weighted by atomic mass is 10.6. The second kappa shape index (κ2) is 7.71. The van der Waals surface area contributed by atoms with E-state index in [0.717, 1.165) is 0 Å². The van der Waals surface area contributed by atoms with Gasteiger partial charge in [-0.2, -0.15) is 17.6 Å². The van der Waals surface area contributed by atoms with Crippen molar-refractivity contribution in [3.63, 3.8) is 0 Å². The second-order valence-corrected chi connectivity index (χ2v) is 11.8. The number of alkyl halides is 4. The Labute approximate surface area is 136 Å². The molecule has 0 spiro atoms. The van der Waals surface area contributed by atoms with Gasteiger partial charge in [-0.05, 0) is 26.7 Å². The predicted octanol–water partition coefficient (Wildman–Crippen LogP) is 2.51. The molecule has 0 rings (SSSR count). The SMILES string of the molecule is CP(C)(=O)C(F)(F)C(=O)OCC#CCOC(=O)C(F)(F)P(C)(C)=O. The quantitative estimate of drug-likeness (QED) is 0.298. The van der Waals surface area contributed by atoms with E-state index in [1.54, 1.807) is 0 Å². The van der Waals surface area contributed by atoms with E-state index in [-0.39, 0.29) is 0 Å². The number of hydrogen-bond donors (Lipinski definition) is 0. The van der Waals surface area contributed by atoms with Gasteiger partial charge in [0, 0.05) is 0 Å². The Morgan fingerprint density at radius 2 is 1.04 bits per heavy atom. The molecule has 0 bridgehead atoms. The van der Waals surface area contributed by atoms with E-state index < -0.39 is 50.8 Å². The maximum Gasteiger partial charge on any atom is 0.391 e. The fourth-order valence-electron chi connectivity index (χ4n) is 0.919. The first-order chi connectivity index (χ1) is 10.5. The predicted molar refractivity (Wildman–Crippen MR) is 78.5 cm³/mol. The van der Waals surface area contributed by atoms with Crippen molar-refractivity contribution < 1.29 is 45.8 Å². The summed E-state index contributed by atoms with van der Waals surface area (Å²) in [7, 11) is -8.14. The summed E-state index contributed by atoms with van der Waals surface area (Å²) < 4.78 is 83.8. The number of carbonyl (C=O) groups excluding carboxylic acids is 2. The Morgan fingerprint density at radius 1 is 0.792 bits per heavy atom. The van der Waals surface area contributed by atoms with Crippen LogP contribution in [0.15, 0.2) is 0 Å². The maximum absolute atomic E-state index is 13.3. The fourth-order valence-corrected chi connectivity index (χ4v) is 1.93. The van der Waals surface area contributed by atoms with Crippen LogP contribution in [0.2, 0.25) is 0 Å². The van der Waals surface area contributed by atoms with Crippen LogP contribution in [-0.2, 0) is 28.2 Å². The first-order valence-electron chi connectivity index (χ1n) is 6.21. The van der Waals surface area contributed by atoms with Gasteiger partial charge in [0.25, 0.3) is 0 Å². The monoisotopic (exact) mass is 394 g/mol. The summed E-state index contributed by atoms with van der Waals surface area (Å²) in [6.07, 6.45) is 0. The Morgan fingerprint density at radius 3 is 1.25 bits per heavy atom. The zero-order valence-electron chi connectivity index (χ0n) is 13.3. The summed E-state index contributed by atoms with van der Waals surface area (Å²) in [6.45, 7) is 1.14. The van der Waals surface area contributed by atoms with Crippen molar-refractivity contribution >= 4 is 26.2 Å². The lowest BCUT2D eigenvalue weighted by molar-refractivity contribution is -0.160. The number of esters is 2. The van der Waals surface area contributed by atoms with Gasteiger partial charge in [0.15, 0.2) is 27.5 Å². The van der Waals surface area contributed by atoms with Gasteiger partial charge >= 0.3 is 23.3 Å². The van der Waals surface area contributed by atoms with Crippen LogP contribution in [0.5, 0.6) is 0 Å². The van der Waals surface area contributed by atoms with Crippen LogP contribution in [0.25, 0.3) is 0 Å². The van der Waals surface area contributed by atoms with Crippen molar-refractivity contribution in [1.82, 2.24) is 0 Å². The van der Waals surface area contributed by atoms with Crippen LogP contribution in [0.4, 0.5) is 17.6 Å². The van der Waals surface area contributed by atoms with Gasteiger partial charge in [-0.1, -0.05) is 11.8 Å². The van der Waals surface area contributed by atoms with E-state index in [4.69, 9.17) is 0 Å². The van der Waals surface area contributed by atoms with E-state index in [1.165, 1.54) is 0 Å². The summed E-state index contributed by atoms with van der Waals surface area (Å²) in [5.74, 6) is -0.115. The third kappa shape index (κ3) is 5.64. The van der Waals surface area contributed by atoms with Crippen molar-refractivity contribution in [2.45, 2.75) is 11.3 Å². The molecule has 0 aliphatic rings. The van der Waals surface area contributed by atoms with Crippen LogP contribution in [0.3, 0.4) is 0 Å². The Kier molecular flexibility index (Phi) is 7.29. The van der Waals surface area contributed by atoms with Gasteiger partial charge in [-0.25, -0.2) is 9.59 Å². The number of ether oxygens (including phenoxy) is 2. The molecule has 0 aromatic carbocycles. The molecule has 0 N–H and O–H groups in total. The molecule has 0 saturated heterocycles. The summed E-state index contributed by atoms with van der Waals surface area (Å²) in [6, 6.07) is 0. The number of rotatable bonds is 6. The van der Waals surface area contributed by atoms with Crippen molar-refractivity contribution in [3.8, 4) is 11.8 Å². The van der Waals surface area contributed by atoms with E-state index in [1.807, 2.05) is 11.8 Å². The van der Waals surface area contributed by atoms with Crippen molar-refractivity contribution in [1.29, 1.82) is 0 Å². The Balaban J connectivity index is 4.47. The zero-order valence-corrected chi connectivity index (χ0v) is 15.1. The summed E-state index contributed by atoms with van der Waals surface area (Å²) >= 11 is 0. The molecular weight excluding hydrogens is 378 g/mol. The number of halogens is 4. The molecule has 0 aromatic rings. The third-order valence-electron chi connectivity index (χ3n) is 2.52. The smallest absolute Gasteiger partial charge is 0.391 e. The lowest BCUT2D eigenvalue weighted by Gasteiger charge is -2.18. The normalized spacial score (nSPS) is 12.8. The molecule has 0 saturated carbocycles. The minimum atomic E-state index is -4.17. The molecule has 24 heavy (non-hydrogen) atoms. The molecule has 0 atom stereocenters. The van der Waals surface area contributed by atoms with Gasteiger partial charge in [-0.15, -0.1) is 0 Å². The van der Waals surface area contributed by atoms with Gasteiger partial charge in [0.2, 0.25) is 0 Å². The topological polar surface area (TPSA) is 86.7 Å². The number of carbonyl (C=O) groups is 2. The maximum atomic E-state index is 13.3. The summed E-state index contributed by atoms with van der Waals surface area (Å²) in [5.41, 5.74) is -8.35. The zero-order chi connectivity index (χ0) is 19.4. The van der Waals surface area contributed by atoms with Crippen LogP contribution < -0.4 is 0 Å². The molecule has 6 nitrogen and oxygen atoms in total. The second-order valence-electron chi connectivity index (χ2n) is 5.29.